The van der Waals surface area contributed by atoms with Crippen molar-refractivity contribution in [2.45, 2.75) is 102 Å². The van der Waals surface area contributed by atoms with Gasteiger partial charge in [0.05, 0.1) is 6.10 Å². The van der Waals surface area contributed by atoms with E-state index in [1.807, 2.05) is 13.8 Å². The van der Waals surface area contributed by atoms with Gasteiger partial charge in [0.25, 0.3) is 11.5 Å². The lowest BCUT2D eigenvalue weighted by Crippen LogP contribution is -2.51. The van der Waals surface area contributed by atoms with Crippen LogP contribution in [0.2, 0.25) is 0 Å². The molecule has 4 aliphatic rings. The number of carbonyl (C=O) groups is 2. The van der Waals surface area contributed by atoms with Gasteiger partial charge < -0.3 is 20.5 Å². The molecule has 3 amide bonds. The average Bonchev–Trinajstić information content (AvgIpc) is 3.04. The highest BCUT2D eigenvalue weighted by Crippen LogP contribution is 2.41. The molecule has 4 fully saturated rings. The summed E-state index contributed by atoms with van der Waals surface area (Å²) >= 11 is 0. The van der Waals surface area contributed by atoms with Gasteiger partial charge in [0, 0.05) is 32.8 Å². The van der Waals surface area contributed by atoms with Crippen molar-refractivity contribution >= 4 is 17.8 Å². The quantitative estimate of drug-likeness (QED) is 0.244. The first kappa shape index (κ1) is 29.3. The van der Waals surface area contributed by atoms with Gasteiger partial charge in [-0.2, -0.15) is 0 Å². The van der Waals surface area contributed by atoms with Crippen LogP contribution in [0.5, 0.6) is 5.88 Å². The zero-order valence-electron chi connectivity index (χ0n) is 24.4. The maximum Gasteiger partial charge on any atom is 0.334 e. The molecule has 12 heteroatoms. The maximum atomic E-state index is 13.5. The largest absolute Gasteiger partial charge is 0.494 e. The Morgan fingerprint density at radius 2 is 1.71 bits per heavy atom. The van der Waals surface area contributed by atoms with Crippen molar-refractivity contribution < 1.29 is 19.4 Å². The van der Waals surface area contributed by atoms with Gasteiger partial charge in [0.15, 0.2) is 0 Å². The zero-order valence-corrected chi connectivity index (χ0v) is 24.4. The molecule has 0 unspecified atom stereocenters. The number of amidine groups is 1. The smallest absolute Gasteiger partial charge is 0.334 e. The fourth-order valence-electron chi connectivity index (χ4n) is 7.43. The highest BCUT2D eigenvalue weighted by Gasteiger charge is 2.54. The number of nitrogens with one attached hydrogen (secondary N) is 1. The number of amides is 3. The Hall–Kier alpha value is -3.15. The number of carbonyl (C=O) groups excluding carboxylic acids is 2. The lowest BCUT2D eigenvalue weighted by molar-refractivity contribution is -0.133. The molecule has 12 nitrogen and oxygen atoms in total. The summed E-state index contributed by atoms with van der Waals surface area (Å²) in [5.41, 5.74) is 3.12. The van der Waals surface area contributed by atoms with Crippen molar-refractivity contribution in [3.8, 4) is 5.88 Å². The molecule has 1 aromatic heterocycles. The highest BCUT2D eigenvalue weighted by molar-refractivity contribution is 6.06. The van der Waals surface area contributed by atoms with Crippen molar-refractivity contribution in [2.75, 3.05) is 20.2 Å². The highest BCUT2D eigenvalue weighted by atomic mass is 16.5. The van der Waals surface area contributed by atoms with Crippen LogP contribution in [0, 0.1) is 23.2 Å². The van der Waals surface area contributed by atoms with Gasteiger partial charge in [0.2, 0.25) is 5.88 Å². The minimum atomic E-state index is -0.947. The molecule has 2 aliphatic carbocycles. The van der Waals surface area contributed by atoms with Crippen LogP contribution in [0.3, 0.4) is 0 Å². The molecule has 2 saturated carbocycles. The van der Waals surface area contributed by atoms with Crippen LogP contribution < -0.4 is 17.0 Å². The standard InChI is InChI=1S/C29H44N6O6/c1-17-13-20(11-12-41-17)16-34-27(39)32(3)26(38)29(34,2)14-18-7-9-21(10-8-18)35-25(37)22(23(30)31)24(36)33(28(35)40)15-19-5-4-6-19/h17-21,36H,4-16H2,1-3H3,(H3,30,31)/t17-,18?,20+,21?,29+/m1/s1. The van der Waals surface area contributed by atoms with E-state index in [9.17, 15) is 24.3 Å². The summed E-state index contributed by atoms with van der Waals surface area (Å²) in [6.45, 7) is 5.38. The molecule has 226 valence electrons. The molecule has 0 bridgehead atoms. The van der Waals surface area contributed by atoms with E-state index in [0.717, 1.165) is 32.1 Å². The molecule has 0 spiro atoms. The van der Waals surface area contributed by atoms with Crippen molar-refractivity contribution in [1.29, 1.82) is 5.41 Å². The predicted molar refractivity (Wildman–Crippen MR) is 152 cm³/mol. The third-order valence-electron chi connectivity index (χ3n) is 10.1. The minimum Gasteiger partial charge on any atom is -0.494 e. The molecule has 2 saturated heterocycles. The number of nitrogen functional groups attached to an aromatic ring is 1. The summed E-state index contributed by atoms with van der Waals surface area (Å²) in [6.07, 6.45) is 7.76. The Balaban J connectivity index is 1.33. The molecule has 41 heavy (non-hydrogen) atoms. The number of ether oxygens (including phenoxy) is 1. The molecule has 0 aromatic carbocycles. The van der Waals surface area contributed by atoms with Gasteiger partial charge in [-0.25, -0.2) is 9.59 Å². The van der Waals surface area contributed by atoms with E-state index in [0.29, 0.717) is 51.8 Å². The van der Waals surface area contributed by atoms with E-state index in [1.165, 1.54) is 14.0 Å². The normalized spacial score (nSPS) is 31.0. The van der Waals surface area contributed by atoms with E-state index >= 15 is 0 Å². The van der Waals surface area contributed by atoms with Crippen LogP contribution in [-0.2, 0) is 16.1 Å². The summed E-state index contributed by atoms with van der Waals surface area (Å²) in [5, 5.41) is 18.6. The Morgan fingerprint density at radius 1 is 1.02 bits per heavy atom. The van der Waals surface area contributed by atoms with Crippen LogP contribution in [0.1, 0.15) is 89.7 Å². The molecule has 3 atom stereocenters. The fraction of sp³-hybridized carbons (Fsp3) is 0.759. The lowest BCUT2D eigenvalue weighted by Gasteiger charge is -2.40. The molecular formula is C29H44N6O6. The van der Waals surface area contributed by atoms with E-state index in [2.05, 4.69) is 0 Å². The lowest BCUT2D eigenvalue weighted by atomic mass is 9.77. The molecule has 1 aromatic rings. The van der Waals surface area contributed by atoms with E-state index in [-0.39, 0.29) is 41.4 Å². The molecule has 0 radical (unpaired) electrons. The van der Waals surface area contributed by atoms with Crippen LogP contribution >= 0.6 is 0 Å². The first-order chi connectivity index (χ1) is 19.4. The van der Waals surface area contributed by atoms with Crippen LogP contribution in [0.4, 0.5) is 4.79 Å². The minimum absolute atomic E-state index is 0.131. The van der Waals surface area contributed by atoms with E-state index < -0.39 is 34.5 Å². The Labute approximate surface area is 239 Å². The number of hydrogen-bond donors (Lipinski definition) is 3. The third kappa shape index (κ3) is 5.30. The summed E-state index contributed by atoms with van der Waals surface area (Å²) < 4.78 is 8.07. The second kappa shape index (κ2) is 11.3. The van der Waals surface area contributed by atoms with Crippen LogP contribution in [0.25, 0.3) is 0 Å². The van der Waals surface area contributed by atoms with Crippen LogP contribution in [0.15, 0.2) is 9.59 Å². The number of nitrogens with two attached hydrogens (primary N) is 1. The van der Waals surface area contributed by atoms with Crippen molar-refractivity contribution in [1.82, 2.24) is 18.9 Å². The number of urea groups is 1. The number of imide groups is 1. The number of aromatic hydroxyl groups is 1. The molecule has 2 aliphatic heterocycles. The van der Waals surface area contributed by atoms with Gasteiger partial charge >= 0.3 is 11.7 Å². The van der Waals surface area contributed by atoms with Gasteiger partial charge in [-0.1, -0.05) is 6.42 Å². The fourth-order valence-corrected chi connectivity index (χ4v) is 7.43. The summed E-state index contributed by atoms with van der Waals surface area (Å²) in [5.74, 6) is -0.617. The first-order valence-corrected chi connectivity index (χ1v) is 15.1. The number of aromatic nitrogens is 2. The summed E-state index contributed by atoms with van der Waals surface area (Å²) in [7, 11) is 1.55. The van der Waals surface area contributed by atoms with Crippen LogP contribution in [-0.4, -0.2) is 73.7 Å². The van der Waals surface area contributed by atoms with Gasteiger partial charge in [-0.3, -0.25) is 29.0 Å². The predicted octanol–water partition coefficient (Wildman–Crippen LogP) is 2.39. The van der Waals surface area contributed by atoms with Crippen molar-refractivity contribution in [3.63, 3.8) is 0 Å². The monoisotopic (exact) mass is 572 g/mol. The molecular weight excluding hydrogens is 528 g/mol. The topological polar surface area (TPSA) is 164 Å². The van der Waals surface area contributed by atoms with Gasteiger partial charge in [0.1, 0.15) is 16.9 Å². The Bertz CT molecular complexity index is 1330. The second-order valence-corrected chi connectivity index (χ2v) is 13.0. The van der Waals surface area contributed by atoms with Gasteiger partial charge in [-0.15, -0.1) is 0 Å². The van der Waals surface area contributed by atoms with Crippen molar-refractivity contribution in [3.05, 3.63) is 26.4 Å². The average molecular weight is 573 g/mol. The van der Waals surface area contributed by atoms with E-state index in [4.69, 9.17) is 15.9 Å². The number of nitrogens with zero attached hydrogens (tertiary/aromatic N) is 4. The summed E-state index contributed by atoms with van der Waals surface area (Å²) in [6, 6.07) is -0.654. The number of rotatable bonds is 8. The third-order valence-corrected chi connectivity index (χ3v) is 10.1. The SMILES string of the molecule is C[C@@H]1C[C@@H](CN2C(=O)N(C)C(=O)[C@]2(C)CC2CCC(n3c(=O)c(C(=N)N)c(O)n(CC4CCC4)c3=O)CC2)CCO1. The Kier molecular flexibility index (Phi) is 8.06. The maximum absolute atomic E-state index is 13.5. The number of likely N-dealkylation sites (N-methyl/N-ethyl adjacent to an activating group) is 1. The van der Waals surface area contributed by atoms with Gasteiger partial charge in [-0.05, 0) is 89.4 Å². The van der Waals surface area contributed by atoms with Crippen molar-refractivity contribution in [2.24, 2.45) is 23.5 Å². The summed E-state index contributed by atoms with van der Waals surface area (Å²) in [4.78, 5) is 56.4. The van der Waals surface area contributed by atoms with E-state index in [1.54, 1.807) is 11.9 Å². The molecule has 5 rings (SSSR count). The first-order valence-electron chi connectivity index (χ1n) is 15.1. The molecule has 3 heterocycles. The molecule has 4 N–H and O–H groups in total. The zero-order chi connectivity index (χ0) is 29.6. The Morgan fingerprint density at radius 3 is 2.29 bits per heavy atom. The second-order valence-electron chi connectivity index (χ2n) is 13.0. The number of hydrogen-bond acceptors (Lipinski definition) is 7.